The molecule has 0 bridgehead atoms. The fourth-order valence-corrected chi connectivity index (χ4v) is 7.09. The highest BCUT2D eigenvalue weighted by Crippen LogP contribution is 2.43. The van der Waals surface area contributed by atoms with E-state index in [2.05, 4.69) is 29.0 Å². The molecule has 8 heteroatoms. The highest BCUT2D eigenvalue weighted by atomic mass is 127. The summed E-state index contributed by atoms with van der Waals surface area (Å²) in [4.78, 5) is 0. The molecule has 1 N–H and O–H groups in total. The van der Waals surface area contributed by atoms with Crippen LogP contribution in [0.2, 0.25) is 0 Å². The smallest absolute Gasteiger partial charge is 0.405 e. The molecular formula is C33H66IN2O3PS. The Kier molecular flexibility index (Phi) is 32.2. The number of halogens is 1. The lowest BCUT2D eigenvalue weighted by atomic mass is 10.1. The van der Waals surface area contributed by atoms with Crippen LogP contribution in [0.5, 0.6) is 0 Å². The van der Waals surface area contributed by atoms with Gasteiger partial charge in [0, 0.05) is 0 Å². The molecule has 0 unspecified atom stereocenters. The van der Waals surface area contributed by atoms with Gasteiger partial charge in [-0.3, -0.25) is 9.05 Å². The Morgan fingerprint density at radius 1 is 0.610 bits per heavy atom. The quantitative estimate of drug-likeness (QED) is 0.0352. The Balaban J connectivity index is 0.0000160. The average Bonchev–Trinajstić information content (AvgIpc) is 3.47. The normalized spacial score (nSPS) is 11.7. The van der Waals surface area contributed by atoms with Crippen LogP contribution in [-0.4, -0.2) is 19.8 Å². The zero-order valence-electron chi connectivity index (χ0n) is 26.9. The Morgan fingerprint density at radius 3 is 1.32 bits per heavy atom. The molecule has 0 spiro atoms. The molecule has 0 aliphatic carbocycles. The highest BCUT2D eigenvalue weighted by Gasteiger charge is 2.24. The third-order valence-corrected chi connectivity index (χ3v) is 10.0. The van der Waals surface area contributed by atoms with Gasteiger partial charge in [-0.1, -0.05) is 166 Å². The van der Waals surface area contributed by atoms with Crippen molar-refractivity contribution < 1.29 is 42.2 Å². The van der Waals surface area contributed by atoms with E-state index in [4.69, 9.17) is 9.05 Å². The van der Waals surface area contributed by atoms with Crippen LogP contribution in [0.3, 0.4) is 0 Å². The van der Waals surface area contributed by atoms with Crippen LogP contribution in [0.25, 0.3) is 0 Å². The van der Waals surface area contributed by atoms with Gasteiger partial charge in [0.05, 0.1) is 25.1 Å². The molecule has 1 heterocycles. The summed E-state index contributed by atoms with van der Waals surface area (Å²) in [7, 11) is -3.26. The second-order valence-electron chi connectivity index (χ2n) is 11.6. The number of nitrogens with zero attached hydrogens (tertiary/aromatic N) is 1. The topological polar surface area (TPSA) is 51.4 Å². The summed E-state index contributed by atoms with van der Waals surface area (Å²) in [6.45, 7) is 6.91. The number of nitrogens with one attached hydrogen (secondary N) is 1. The van der Waals surface area contributed by atoms with Crippen LogP contribution < -0.4 is 33.6 Å². The summed E-state index contributed by atoms with van der Waals surface area (Å²) in [5, 5.41) is 5.17. The molecule has 0 atom stereocenters. The van der Waals surface area contributed by atoms with Gasteiger partial charge in [-0.05, 0) is 12.8 Å². The first-order valence-corrected chi connectivity index (χ1v) is 19.7. The zero-order valence-corrected chi connectivity index (χ0v) is 30.8. The predicted octanol–water partition coefficient (Wildman–Crippen LogP) is 8.17. The number of aromatic nitrogens is 1. The van der Waals surface area contributed by atoms with Gasteiger partial charge in [-0.15, -0.1) is 0 Å². The number of thiazole rings is 1. The molecule has 0 amide bonds. The highest BCUT2D eigenvalue weighted by molar-refractivity contribution is 7.51. The Hall–Kier alpha value is 0.470. The van der Waals surface area contributed by atoms with Gasteiger partial charge in [0.25, 0.3) is 0 Å². The third-order valence-electron chi connectivity index (χ3n) is 7.72. The molecule has 0 aliphatic heterocycles. The van der Waals surface area contributed by atoms with Crippen molar-refractivity contribution in [2.75, 3.05) is 19.8 Å². The van der Waals surface area contributed by atoms with E-state index in [-0.39, 0.29) is 24.0 Å². The van der Waals surface area contributed by atoms with Gasteiger partial charge >= 0.3 is 7.75 Å². The maximum Gasteiger partial charge on any atom is 0.405 e. The van der Waals surface area contributed by atoms with E-state index in [1.165, 1.54) is 128 Å². The molecule has 1 aromatic heterocycles. The lowest BCUT2D eigenvalue weighted by Gasteiger charge is -2.19. The fourth-order valence-electron chi connectivity index (χ4n) is 5.09. The minimum atomic E-state index is -3.26. The molecule has 1 aromatic rings. The van der Waals surface area contributed by atoms with E-state index >= 15 is 0 Å². The minimum absolute atomic E-state index is 0. The molecule has 0 aromatic carbocycles. The summed E-state index contributed by atoms with van der Waals surface area (Å²) in [5.74, 6) is 0. The molecule has 244 valence electrons. The molecule has 0 aliphatic rings. The summed E-state index contributed by atoms with van der Waals surface area (Å²) in [6.07, 6.45) is 33.4. The number of hydrogen-bond acceptors (Lipinski definition) is 4. The van der Waals surface area contributed by atoms with Crippen molar-refractivity contribution in [2.45, 2.75) is 174 Å². The van der Waals surface area contributed by atoms with E-state index in [1.807, 2.05) is 11.6 Å². The molecule has 0 radical (unpaired) electrons. The second-order valence-corrected chi connectivity index (χ2v) is 14.2. The second kappa shape index (κ2) is 31.9. The fraction of sp³-hybridized carbons (Fsp3) is 0.909. The van der Waals surface area contributed by atoms with Crippen LogP contribution >= 0.6 is 19.1 Å². The number of hydrogen-bond donors (Lipinski definition) is 1. The SMILES string of the molecule is CCCCCCCCCCCCCCOP(=O)(NCC[n+]1ccsc1)OCCCCCCCCCCCCCC.[I-]. The van der Waals surface area contributed by atoms with E-state index < -0.39 is 7.75 Å². The van der Waals surface area contributed by atoms with Crippen molar-refractivity contribution in [3.05, 3.63) is 17.1 Å². The van der Waals surface area contributed by atoms with E-state index in [1.54, 1.807) is 11.3 Å². The van der Waals surface area contributed by atoms with Crippen LogP contribution in [0.4, 0.5) is 0 Å². The van der Waals surface area contributed by atoms with Gasteiger partial charge in [0.1, 0.15) is 0 Å². The zero-order chi connectivity index (χ0) is 28.8. The maximum absolute atomic E-state index is 13.4. The number of rotatable bonds is 32. The summed E-state index contributed by atoms with van der Waals surface area (Å²) in [5.41, 5.74) is 2.06. The number of unbranched alkanes of at least 4 members (excludes halogenated alkanes) is 22. The summed E-state index contributed by atoms with van der Waals surface area (Å²) >= 11 is 1.66. The van der Waals surface area contributed by atoms with Crippen molar-refractivity contribution >= 4 is 19.1 Å². The van der Waals surface area contributed by atoms with Crippen molar-refractivity contribution in [1.82, 2.24) is 5.09 Å². The van der Waals surface area contributed by atoms with Gasteiger partial charge in [-0.2, -0.15) is 4.57 Å². The van der Waals surface area contributed by atoms with Crippen LogP contribution in [0, 0.1) is 0 Å². The monoisotopic (exact) mass is 728 g/mol. The molecule has 0 saturated heterocycles. The van der Waals surface area contributed by atoms with Crippen LogP contribution in [-0.2, 0) is 20.2 Å². The summed E-state index contributed by atoms with van der Waals surface area (Å²) < 4.78 is 27.2. The van der Waals surface area contributed by atoms with Gasteiger partial charge < -0.3 is 24.0 Å². The van der Waals surface area contributed by atoms with E-state index in [9.17, 15) is 4.57 Å². The molecule has 41 heavy (non-hydrogen) atoms. The van der Waals surface area contributed by atoms with Gasteiger partial charge in [0.15, 0.2) is 12.7 Å². The molecule has 5 nitrogen and oxygen atoms in total. The Labute approximate surface area is 276 Å². The van der Waals surface area contributed by atoms with E-state index in [0.717, 1.165) is 32.2 Å². The lowest BCUT2D eigenvalue weighted by molar-refractivity contribution is -0.690. The average molecular weight is 729 g/mol. The van der Waals surface area contributed by atoms with Crippen molar-refractivity contribution in [1.29, 1.82) is 0 Å². The Morgan fingerprint density at radius 2 is 0.976 bits per heavy atom. The van der Waals surface area contributed by atoms with Crippen LogP contribution in [0.15, 0.2) is 17.1 Å². The maximum atomic E-state index is 13.4. The first-order valence-electron chi connectivity index (χ1n) is 17.3. The first-order chi connectivity index (χ1) is 19.7. The first kappa shape index (κ1) is 41.5. The molecule has 1 rings (SSSR count). The van der Waals surface area contributed by atoms with E-state index in [0.29, 0.717) is 19.8 Å². The minimum Gasteiger partial charge on any atom is -1.00 e. The van der Waals surface area contributed by atoms with Crippen molar-refractivity contribution in [3.8, 4) is 0 Å². The third kappa shape index (κ3) is 27.7. The van der Waals surface area contributed by atoms with Gasteiger partial charge in [0.2, 0.25) is 5.51 Å². The summed E-state index contributed by atoms with van der Waals surface area (Å²) in [6, 6.07) is 0. The molecular weight excluding hydrogens is 662 g/mol. The van der Waals surface area contributed by atoms with Crippen molar-refractivity contribution in [3.63, 3.8) is 0 Å². The van der Waals surface area contributed by atoms with Crippen molar-refractivity contribution in [2.24, 2.45) is 0 Å². The predicted molar refractivity (Wildman–Crippen MR) is 174 cm³/mol. The van der Waals surface area contributed by atoms with Crippen LogP contribution in [0.1, 0.15) is 168 Å². The lowest BCUT2D eigenvalue weighted by Crippen LogP contribution is -3.00. The van der Waals surface area contributed by atoms with Gasteiger partial charge in [-0.25, -0.2) is 9.65 Å². The molecule has 0 saturated carbocycles. The molecule has 0 fully saturated rings. The largest absolute Gasteiger partial charge is 1.00 e. The Bertz CT molecular complexity index is 647. The standard InChI is InChI=1S/C33H66N2O3PS.HI/c1-3-5-7-9-11-13-15-17-19-21-23-25-30-37-39(36,34-27-28-35-29-32-40-33-35)38-31-26-24-22-20-18-16-14-12-10-8-6-4-2;/h29,32-33H,3-28,30-31H2,1-2H3,(H,34,36);1H/q+1;/p-1.